The van der Waals surface area contributed by atoms with Crippen LogP contribution in [-0.2, 0) is 30.3 Å². The summed E-state index contributed by atoms with van der Waals surface area (Å²) in [5.41, 5.74) is 2.12. The average Bonchev–Trinajstić information content (AvgIpc) is 3.07. The molecule has 0 unspecified atom stereocenters. The number of ketones is 1. The van der Waals surface area contributed by atoms with E-state index in [4.69, 9.17) is 9.47 Å². The van der Waals surface area contributed by atoms with Crippen molar-refractivity contribution < 1.29 is 23.9 Å². The molecule has 2 N–H and O–H groups in total. The minimum Gasteiger partial charge on any atom is -0.470 e. The third kappa shape index (κ3) is 4.76. The maximum atomic E-state index is 12.3. The zero-order chi connectivity index (χ0) is 19.9. The lowest BCUT2D eigenvalue weighted by Gasteiger charge is -2.09. The van der Waals surface area contributed by atoms with E-state index in [0.717, 1.165) is 12.0 Å². The highest BCUT2D eigenvalue weighted by Gasteiger charge is 2.32. The fourth-order valence-electron chi connectivity index (χ4n) is 2.64. The summed E-state index contributed by atoms with van der Waals surface area (Å²) in [6.45, 7) is 1.25. The number of anilines is 2. The topological polar surface area (TPSA) is 93.7 Å². The molecule has 2 aromatic rings. The summed E-state index contributed by atoms with van der Waals surface area (Å²) in [4.78, 5) is 36.4. The number of ether oxygens (including phenoxy) is 2. The first kappa shape index (κ1) is 19.2. The van der Waals surface area contributed by atoms with Crippen LogP contribution in [0.15, 0.2) is 66.1 Å². The molecule has 144 valence electrons. The molecule has 28 heavy (non-hydrogen) atoms. The number of para-hydroxylation sites is 1. The van der Waals surface area contributed by atoms with Crippen molar-refractivity contribution in [1.82, 2.24) is 0 Å². The van der Waals surface area contributed by atoms with Crippen molar-refractivity contribution >= 4 is 29.0 Å². The van der Waals surface area contributed by atoms with Gasteiger partial charge >= 0.3 is 5.97 Å². The number of hydrogen-bond donors (Lipinski definition) is 2. The summed E-state index contributed by atoms with van der Waals surface area (Å²) in [5, 5.41) is 5.54. The summed E-state index contributed by atoms with van der Waals surface area (Å²) < 4.78 is 10.3. The third-order valence-electron chi connectivity index (χ3n) is 4.04. The largest absolute Gasteiger partial charge is 0.470 e. The Bertz CT molecular complexity index is 921. The number of rotatable bonds is 7. The molecular weight excluding hydrogens is 360 g/mol. The van der Waals surface area contributed by atoms with Crippen molar-refractivity contribution in [2.45, 2.75) is 13.3 Å². The second-order valence-electron chi connectivity index (χ2n) is 6.09. The highest BCUT2D eigenvalue weighted by atomic mass is 16.5. The smallest absolute Gasteiger partial charge is 0.347 e. The van der Waals surface area contributed by atoms with E-state index in [2.05, 4.69) is 10.6 Å². The van der Waals surface area contributed by atoms with E-state index >= 15 is 0 Å². The van der Waals surface area contributed by atoms with Gasteiger partial charge in [-0.25, -0.2) is 4.79 Å². The molecule has 7 heteroatoms. The van der Waals surface area contributed by atoms with Gasteiger partial charge in [0.25, 0.3) is 5.91 Å². The molecule has 2 aromatic carbocycles. The number of carbonyl (C=O) groups is 3. The minimum atomic E-state index is -0.904. The van der Waals surface area contributed by atoms with Gasteiger partial charge in [0.2, 0.25) is 11.7 Å². The Hall–Kier alpha value is -3.61. The van der Waals surface area contributed by atoms with Crippen LogP contribution < -0.4 is 10.6 Å². The van der Waals surface area contributed by atoms with Crippen LogP contribution in [0.25, 0.3) is 0 Å². The summed E-state index contributed by atoms with van der Waals surface area (Å²) in [6.07, 6.45) is 0.839. The van der Waals surface area contributed by atoms with Gasteiger partial charge in [-0.2, -0.15) is 0 Å². The Morgan fingerprint density at radius 3 is 2.57 bits per heavy atom. The van der Waals surface area contributed by atoms with Gasteiger partial charge in [0.1, 0.15) is 0 Å². The average molecular weight is 380 g/mol. The molecule has 0 saturated carbocycles. The van der Waals surface area contributed by atoms with Crippen LogP contribution in [0.1, 0.15) is 12.5 Å². The number of carbonyl (C=O) groups excluding carboxylic acids is 3. The molecule has 1 heterocycles. The summed E-state index contributed by atoms with van der Waals surface area (Å²) in [5.74, 6) is -1.87. The van der Waals surface area contributed by atoms with Gasteiger partial charge in [-0.15, -0.1) is 0 Å². The van der Waals surface area contributed by atoms with E-state index in [0.29, 0.717) is 11.4 Å². The second kappa shape index (κ2) is 8.85. The van der Waals surface area contributed by atoms with Gasteiger partial charge in [-0.05, 0) is 36.2 Å². The standard InChI is InChI=1S/C21H20N2O5/c1-2-14-7-6-10-16(11-14)22-18(25)13-28-21(26)19-17(24)12-27-20(19)23-15-8-4-3-5-9-15/h3-11,23H,2,12-13H2,1H3,(H,22,25). The number of aryl methyl sites for hydroxylation is 1. The molecule has 0 aliphatic carbocycles. The van der Waals surface area contributed by atoms with Crippen LogP contribution >= 0.6 is 0 Å². The third-order valence-corrected chi connectivity index (χ3v) is 4.04. The van der Waals surface area contributed by atoms with Crippen LogP contribution in [0.2, 0.25) is 0 Å². The summed E-state index contributed by atoms with van der Waals surface area (Å²) >= 11 is 0. The van der Waals surface area contributed by atoms with Gasteiger partial charge in [0.15, 0.2) is 18.8 Å². The predicted molar refractivity (Wildman–Crippen MR) is 103 cm³/mol. The Morgan fingerprint density at radius 1 is 1.07 bits per heavy atom. The van der Waals surface area contributed by atoms with E-state index in [9.17, 15) is 14.4 Å². The molecule has 0 aromatic heterocycles. The quantitative estimate of drug-likeness (QED) is 0.567. The Labute approximate surface area is 162 Å². The summed E-state index contributed by atoms with van der Waals surface area (Å²) in [7, 11) is 0. The molecule has 0 bridgehead atoms. The molecule has 0 fully saturated rings. The highest BCUT2D eigenvalue weighted by molar-refractivity contribution is 6.20. The van der Waals surface area contributed by atoms with Crippen LogP contribution in [0.4, 0.5) is 11.4 Å². The van der Waals surface area contributed by atoms with E-state index in [1.807, 2.05) is 31.2 Å². The van der Waals surface area contributed by atoms with Crippen molar-refractivity contribution in [2.24, 2.45) is 0 Å². The molecule has 0 saturated heterocycles. The number of amides is 1. The van der Waals surface area contributed by atoms with Crippen molar-refractivity contribution in [3.63, 3.8) is 0 Å². The van der Waals surface area contributed by atoms with Crippen LogP contribution in [-0.4, -0.2) is 30.9 Å². The normalized spacial score (nSPS) is 13.1. The lowest BCUT2D eigenvalue weighted by atomic mass is 10.1. The fraction of sp³-hybridized carbons (Fsp3) is 0.190. The molecule has 7 nitrogen and oxygen atoms in total. The van der Waals surface area contributed by atoms with E-state index in [-0.39, 0.29) is 18.1 Å². The van der Waals surface area contributed by atoms with Gasteiger partial charge in [0, 0.05) is 11.4 Å². The van der Waals surface area contributed by atoms with E-state index in [1.165, 1.54) is 0 Å². The fourth-order valence-corrected chi connectivity index (χ4v) is 2.64. The maximum absolute atomic E-state index is 12.3. The van der Waals surface area contributed by atoms with Crippen molar-refractivity contribution in [1.29, 1.82) is 0 Å². The van der Waals surface area contributed by atoms with Crippen LogP contribution in [0, 0.1) is 0 Å². The van der Waals surface area contributed by atoms with E-state index < -0.39 is 24.3 Å². The maximum Gasteiger partial charge on any atom is 0.347 e. The number of benzene rings is 2. The zero-order valence-corrected chi connectivity index (χ0v) is 15.4. The molecule has 0 radical (unpaired) electrons. The Morgan fingerprint density at radius 2 is 1.82 bits per heavy atom. The SMILES string of the molecule is CCc1cccc(NC(=O)COC(=O)C2=C(Nc3ccccc3)OCC2=O)c1. The molecular formula is C21H20N2O5. The van der Waals surface area contributed by atoms with Crippen molar-refractivity contribution in [2.75, 3.05) is 23.8 Å². The summed E-state index contributed by atoms with van der Waals surface area (Å²) in [6, 6.07) is 16.3. The van der Waals surface area contributed by atoms with Crippen LogP contribution in [0.3, 0.4) is 0 Å². The molecule has 0 atom stereocenters. The monoisotopic (exact) mass is 380 g/mol. The molecule has 1 aliphatic rings. The first-order chi connectivity index (χ1) is 13.6. The molecule has 1 aliphatic heterocycles. The highest BCUT2D eigenvalue weighted by Crippen LogP contribution is 2.20. The van der Waals surface area contributed by atoms with Gasteiger partial charge in [0.05, 0.1) is 0 Å². The van der Waals surface area contributed by atoms with Crippen LogP contribution in [0.5, 0.6) is 0 Å². The van der Waals surface area contributed by atoms with Crippen molar-refractivity contribution in [3.05, 3.63) is 71.6 Å². The lowest BCUT2D eigenvalue weighted by Crippen LogP contribution is -2.24. The van der Waals surface area contributed by atoms with E-state index in [1.54, 1.807) is 30.3 Å². The van der Waals surface area contributed by atoms with Crippen molar-refractivity contribution in [3.8, 4) is 0 Å². The molecule has 3 rings (SSSR count). The number of Topliss-reactive ketones (excluding diaryl/α,β-unsaturated/α-hetero) is 1. The number of nitrogens with one attached hydrogen (secondary N) is 2. The molecule has 1 amide bonds. The first-order valence-corrected chi connectivity index (χ1v) is 8.85. The minimum absolute atomic E-state index is 0.0252. The lowest BCUT2D eigenvalue weighted by molar-refractivity contribution is -0.144. The van der Waals surface area contributed by atoms with Gasteiger partial charge in [-0.3, -0.25) is 9.59 Å². The zero-order valence-electron chi connectivity index (χ0n) is 15.4. The van der Waals surface area contributed by atoms with Gasteiger partial charge in [-0.1, -0.05) is 37.3 Å². The number of esters is 1. The predicted octanol–water partition coefficient (Wildman–Crippen LogP) is 2.65. The first-order valence-electron chi connectivity index (χ1n) is 8.85. The molecule has 0 spiro atoms. The Balaban J connectivity index is 1.61. The second-order valence-corrected chi connectivity index (χ2v) is 6.09. The Kier molecular flexibility index (Phi) is 6.06. The number of hydrogen-bond acceptors (Lipinski definition) is 6. The van der Waals surface area contributed by atoms with Gasteiger partial charge < -0.3 is 20.1 Å².